The molecule has 0 aliphatic heterocycles. The Labute approximate surface area is 141 Å². The van der Waals surface area contributed by atoms with Crippen molar-refractivity contribution in [1.29, 1.82) is 0 Å². The van der Waals surface area contributed by atoms with Crippen LogP contribution in [-0.4, -0.2) is 15.3 Å². The summed E-state index contributed by atoms with van der Waals surface area (Å²) in [6.45, 7) is 4.08. The minimum atomic E-state index is 0.145. The Morgan fingerprint density at radius 1 is 1.21 bits per heavy atom. The molecule has 4 heteroatoms. The van der Waals surface area contributed by atoms with Crippen LogP contribution >= 0.6 is 0 Å². The van der Waals surface area contributed by atoms with Gasteiger partial charge in [-0.25, -0.2) is 4.98 Å². The Morgan fingerprint density at radius 3 is 2.79 bits per heavy atom. The van der Waals surface area contributed by atoms with Gasteiger partial charge in [0.2, 0.25) is 5.91 Å². The van der Waals surface area contributed by atoms with Crippen molar-refractivity contribution in [2.75, 3.05) is 5.32 Å². The van der Waals surface area contributed by atoms with Crippen molar-refractivity contribution in [1.82, 2.24) is 9.38 Å². The summed E-state index contributed by atoms with van der Waals surface area (Å²) in [7, 11) is 0. The van der Waals surface area contributed by atoms with E-state index >= 15 is 0 Å². The normalized spacial score (nSPS) is 14.6. The summed E-state index contributed by atoms with van der Waals surface area (Å²) in [6.07, 6.45) is 7.23. The van der Waals surface area contributed by atoms with E-state index in [0.29, 0.717) is 0 Å². The quantitative estimate of drug-likeness (QED) is 0.780. The van der Waals surface area contributed by atoms with E-state index in [4.69, 9.17) is 4.98 Å². The van der Waals surface area contributed by atoms with Gasteiger partial charge in [0.25, 0.3) is 0 Å². The van der Waals surface area contributed by atoms with Gasteiger partial charge in [0, 0.05) is 29.6 Å². The first-order chi connectivity index (χ1) is 11.6. The molecule has 1 N–H and O–H groups in total. The number of nitrogens with one attached hydrogen (secondary N) is 1. The first kappa shape index (κ1) is 14.9. The fraction of sp³-hybridized carbons (Fsp3) is 0.300. The predicted octanol–water partition coefficient (Wildman–Crippen LogP) is 4.36. The summed E-state index contributed by atoms with van der Waals surface area (Å²) in [5, 5.41) is 3.09. The van der Waals surface area contributed by atoms with Crippen molar-refractivity contribution in [3.8, 4) is 11.3 Å². The third kappa shape index (κ3) is 2.68. The lowest BCUT2D eigenvalue weighted by molar-refractivity contribution is -0.122. The zero-order valence-electron chi connectivity index (χ0n) is 14.0. The predicted molar refractivity (Wildman–Crippen MR) is 96.1 cm³/mol. The standard InChI is InChI=1S/C20H21N3O/c1-13-8-9-23-12-18(21-19(23)10-13)16-7-6-14(2)17(11-16)22-20(24)15-4-3-5-15/h6-12,15H,3-5H2,1-2H3,(H,22,24). The van der Waals surface area contributed by atoms with Crippen LogP contribution in [0.2, 0.25) is 0 Å². The molecule has 1 saturated carbocycles. The highest BCUT2D eigenvalue weighted by Crippen LogP contribution is 2.30. The summed E-state index contributed by atoms with van der Waals surface area (Å²) < 4.78 is 2.02. The molecule has 2 aromatic heterocycles. The van der Waals surface area contributed by atoms with Gasteiger partial charge in [-0.3, -0.25) is 4.79 Å². The molecule has 0 spiro atoms. The number of rotatable bonds is 3. The molecule has 0 bridgehead atoms. The molecule has 1 amide bonds. The van der Waals surface area contributed by atoms with E-state index in [9.17, 15) is 4.79 Å². The molecule has 4 rings (SSSR count). The van der Waals surface area contributed by atoms with Gasteiger partial charge in [-0.15, -0.1) is 0 Å². The van der Waals surface area contributed by atoms with Gasteiger partial charge in [-0.05, 0) is 56.0 Å². The van der Waals surface area contributed by atoms with Crippen LogP contribution in [0.3, 0.4) is 0 Å². The largest absolute Gasteiger partial charge is 0.326 e. The Kier molecular flexibility index (Phi) is 3.60. The van der Waals surface area contributed by atoms with E-state index in [0.717, 1.165) is 47.4 Å². The average Bonchev–Trinajstić information content (AvgIpc) is 2.90. The number of anilines is 1. The summed E-state index contributed by atoms with van der Waals surface area (Å²) in [5.41, 5.74) is 6.02. The number of aryl methyl sites for hydroxylation is 2. The van der Waals surface area contributed by atoms with Crippen LogP contribution in [0.4, 0.5) is 5.69 Å². The van der Waals surface area contributed by atoms with E-state index in [1.54, 1.807) is 0 Å². The van der Waals surface area contributed by atoms with Crippen LogP contribution in [0.25, 0.3) is 16.9 Å². The van der Waals surface area contributed by atoms with E-state index < -0.39 is 0 Å². The number of nitrogens with zero attached hydrogens (tertiary/aromatic N) is 2. The molecule has 0 saturated heterocycles. The van der Waals surface area contributed by atoms with Crippen molar-refractivity contribution in [3.05, 3.63) is 53.9 Å². The van der Waals surface area contributed by atoms with Crippen molar-refractivity contribution < 1.29 is 4.79 Å². The third-order valence-electron chi connectivity index (χ3n) is 4.88. The topological polar surface area (TPSA) is 46.4 Å². The summed E-state index contributed by atoms with van der Waals surface area (Å²) in [4.78, 5) is 16.9. The van der Waals surface area contributed by atoms with E-state index in [1.165, 1.54) is 5.56 Å². The molecule has 24 heavy (non-hydrogen) atoms. The summed E-state index contributed by atoms with van der Waals surface area (Å²) in [6, 6.07) is 10.3. The van der Waals surface area contributed by atoms with Gasteiger partial charge in [0.15, 0.2) is 0 Å². The van der Waals surface area contributed by atoms with Crippen molar-refractivity contribution >= 4 is 17.2 Å². The highest BCUT2D eigenvalue weighted by Gasteiger charge is 2.25. The van der Waals surface area contributed by atoms with Gasteiger partial charge in [-0.2, -0.15) is 0 Å². The number of hydrogen-bond acceptors (Lipinski definition) is 2. The smallest absolute Gasteiger partial charge is 0.227 e. The van der Waals surface area contributed by atoms with E-state index in [2.05, 4.69) is 30.4 Å². The molecule has 122 valence electrons. The second-order valence-electron chi connectivity index (χ2n) is 6.74. The molecular weight excluding hydrogens is 298 g/mol. The zero-order chi connectivity index (χ0) is 16.7. The molecule has 0 radical (unpaired) electrons. The van der Waals surface area contributed by atoms with Crippen LogP contribution in [0.5, 0.6) is 0 Å². The second-order valence-corrected chi connectivity index (χ2v) is 6.74. The fourth-order valence-corrected chi connectivity index (χ4v) is 3.04. The second kappa shape index (κ2) is 5.78. The van der Waals surface area contributed by atoms with E-state index in [-0.39, 0.29) is 11.8 Å². The number of pyridine rings is 1. The molecular formula is C20H21N3O. The monoisotopic (exact) mass is 319 g/mol. The molecule has 1 aliphatic rings. The van der Waals surface area contributed by atoms with Crippen LogP contribution < -0.4 is 5.32 Å². The SMILES string of the molecule is Cc1ccn2cc(-c3ccc(C)c(NC(=O)C4CCC4)c3)nc2c1. The molecule has 0 atom stereocenters. The first-order valence-electron chi connectivity index (χ1n) is 8.47. The van der Waals surface area contributed by atoms with Crippen LogP contribution in [0.15, 0.2) is 42.7 Å². The lowest BCUT2D eigenvalue weighted by atomic mass is 9.84. The molecule has 3 aromatic rings. The van der Waals surface area contributed by atoms with Gasteiger partial charge in [0.05, 0.1) is 5.69 Å². The molecule has 4 nitrogen and oxygen atoms in total. The maximum Gasteiger partial charge on any atom is 0.227 e. The van der Waals surface area contributed by atoms with Gasteiger partial charge < -0.3 is 9.72 Å². The van der Waals surface area contributed by atoms with Crippen LogP contribution in [-0.2, 0) is 4.79 Å². The molecule has 1 fully saturated rings. The minimum absolute atomic E-state index is 0.145. The molecule has 1 aliphatic carbocycles. The third-order valence-corrected chi connectivity index (χ3v) is 4.88. The number of hydrogen-bond donors (Lipinski definition) is 1. The molecule has 0 unspecified atom stereocenters. The Hall–Kier alpha value is -2.62. The highest BCUT2D eigenvalue weighted by atomic mass is 16.1. The average molecular weight is 319 g/mol. The number of amides is 1. The summed E-state index contributed by atoms with van der Waals surface area (Å²) >= 11 is 0. The highest BCUT2D eigenvalue weighted by molar-refractivity contribution is 5.94. The molecule has 2 heterocycles. The van der Waals surface area contributed by atoms with Crippen LogP contribution in [0.1, 0.15) is 30.4 Å². The Balaban J connectivity index is 1.67. The maximum atomic E-state index is 12.2. The van der Waals surface area contributed by atoms with Gasteiger partial charge in [-0.1, -0.05) is 18.6 Å². The van der Waals surface area contributed by atoms with Crippen molar-refractivity contribution in [2.24, 2.45) is 5.92 Å². The number of aromatic nitrogens is 2. The number of fused-ring (bicyclic) bond motifs is 1. The Morgan fingerprint density at radius 2 is 2.04 bits per heavy atom. The summed E-state index contributed by atoms with van der Waals surface area (Å²) in [5.74, 6) is 0.332. The lowest BCUT2D eigenvalue weighted by Gasteiger charge is -2.24. The number of imidazole rings is 1. The zero-order valence-corrected chi connectivity index (χ0v) is 14.0. The Bertz CT molecular complexity index is 922. The fourth-order valence-electron chi connectivity index (χ4n) is 3.04. The first-order valence-corrected chi connectivity index (χ1v) is 8.47. The molecule has 1 aromatic carbocycles. The van der Waals surface area contributed by atoms with Gasteiger partial charge in [0.1, 0.15) is 5.65 Å². The van der Waals surface area contributed by atoms with E-state index in [1.807, 2.05) is 35.9 Å². The van der Waals surface area contributed by atoms with Crippen molar-refractivity contribution in [3.63, 3.8) is 0 Å². The van der Waals surface area contributed by atoms with Gasteiger partial charge >= 0.3 is 0 Å². The maximum absolute atomic E-state index is 12.2. The minimum Gasteiger partial charge on any atom is -0.326 e. The van der Waals surface area contributed by atoms with Crippen molar-refractivity contribution in [2.45, 2.75) is 33.1 Å². The number of benzene rings is 1. The number of carbonyl (C=O) groups excluding carboxylic acids is 1. The lowest BCUT2D eigenvalue weighted by Crippen LogP contribution is -2.28. The number of carbonyl (C=O) groups is 1. The van der Waals surface area contributed by atoms with Crippen LogP contribution in [0, 0.1) is 19.8 Å².